The van der Waals surface area contributed by atoms with Crippen LogP contribution in [0.5, 0.6) is 0 Å². The van der Waals surface area contributed by atoms with E-state index >= 15 is 0 Å². The lowest BCUT2D eigenvalue weighted by Gasteiger charge is -2.28. The molecular formula is C16H27Cl2N3O. The molecule has 22 heavy (non-hydrogen) atoms. The molecule has 1 aromatic rings. The maximum atomic E-state index is 11.6. The van der Waals surface area contributed by atoms with Crippen LogP contribution in [0.4, 0.5) is 0 Å². The fraction of sp³-hybridized carbons (Fsp3) is 0.562. The van der Waals surface area contributed by atoms with Crippen LogP contribution in [0.1, 0.15) is 41.3 Å². The highest BCUT2D eigenvalue weighted by Crippen LogP contribution is 2.19. The number of hydrogen-bond acceptors (Lipinski definition) is 3. The molecule has 0 atom stereocenters. The number of benzene rings is 1. The molecule has 0 unspecified atom stereocenters. The summed E-state index contributed by atoms with van der Waals surface area (Å²) in [5, 5.41) is 3.36. The van der Waals surface area contributed by atoms with Gasteiger partial charge >= 0.3 is 0 Å². The first-order chi connectivity index (χ1) is 9.72. The van der Waals surface area contributed by atoms with Gasteiger partial charge in [0.25, 0.3) is 0 Å². The molecule has 1 heterocycles. The Morgan fingerprint density at radius 1 is 1.27 bits per heavy atom. The molecule has 4 nitrogen and oxygen atoms in total. The van der Waals surface area contributed by atoms with Crippen molar-refractivity contribution in [2.45, 2.75) is 32.7 Å². The molecule has 2 rings (SSSR count). The number of nitrogens with one attached hydrogen (secondary N) is 1. The number of carbonyl (C=O) groups is 1. The summed E-state index contributed by atoms with van der Waals surface area (Å²) >= 11 is 0. The molecule has 1 aliphatic rings. The summed E-state index contributed by atoms with van der Waals surface area (Å²) < 4.78 is 0. The third-order valence-electron chi connectivity index (χ3n) is 3.92. The molecule has 0 bridgehead atoms. The van der Waals surface area contributed by atoms with Crippen LogP contribution in [0.2, 0.25) is 0 Å². The molecule has 1 aliphatic heterocycles. The van der Waals surface area contributed by atoms with Crippen molar-refractivity contribution in [3.63, 3.8) is 0 Å². The standard InChI is InChI=1S/C16H25N3O.2ClH/c1-2-3-6-14-13(5-4-7-15(14)16(17)20)12-19-10-8-18-9-11-19;;/h4-5,7,18H,2-3,6,8-12H2,1H3,(H2,17,20);2*1H. The molecule has 1 fully saturated rings. The first-order valence-electron chi connectivity index (χ1n) is 7.56. The van der Waals surface area contributed by atoms with Gasteiger partial charge in [-0.15, -0.1) is 24.8 Å². The lowest BCUT2D eigenvalue weighted by Crippen LogP contribution is -2.43. The number of rotatable bonds is 6. The Hall–Kier alpha value is -0.810. The zero-order valence-electron chi connectivity index (χ0n) is 13.1. The van der Waals surface area contributed by atoms with Crippen LogP contribution in [0.3, 0.4) is 0 Å². The molecule has 6 heteroatoms. The van der Waals surface area contributed by atoms with Gasteiger partial charge in [-0.2, -0.15) is 0 Å². The number of nitrogens with zero attached hydrogens (tertiary/aromatic N) is 1. The van der Waals surface area contributed by atoms with Gasteiger partial charge in [-0.1, -0.05) is 25.5 Å². The molecular weight excluding hydrogens is 321 g/mol. The van der Waals surface area contributed by atoms with E-state index in [9.17, 15) is 4.79 Å². The zero-order valence-corrected chi connectivity index (χ0v) is 14.8. The quantitative estimate of drug-likeness (QED) is 0.830. The minimum absolute atomic E-state index is 0. The summed E-state index contributed by atoms with van der Waals surface area (Å²) in [7, 11) is 0. The Kier molecular flexibility index (Phi) is 10.4. The molecule has 1 saturated heterocycles. The molecule has 0 aliphatic carbocycles. The van der Waals surface area contributed by atoms with Crippen molar-refractivity contribution < 1.29 is 4.79 Å². The van der Waals surface area contributed by atoms with Gasteiger partial charge in [0.05, 0.1) is 0 Å². The summed E-state index contributed by atoms with van der Waals surface area (Å²) in [6.45, 7) is 7.30. The average Bonchev–Trinajstić information content (AvgIpc) is 2.46. The van der Waals surface area contributed by atoms with Crippen LogP contribution in [0.15, 0.2) is 18.2 Å². The van der Waals surface area contributed by atoms with Crippen LogP contribution in [0.25, 0.3) is 0 Å². The number of primary amides is 1. The number of halogens is 2. The van der Waals surface area contributed by atoms with Crippen LogP contribution in [-0.4, -0.2) is 37.0 Å². The number of amides is 1. The Labute approximate surface area is 145 Å². The highest BCUT2D eigenvalue weighted by atomic mass is 35.5. The van der Waals surface area contributed by atoms with Gasteiger partial charge in [-0.25, -0.2) is 0 Å². The van der Waals surface area contributed by atoms with E-state index in [0.29, 0.717) is 5.56 Å². The highest BCUT2D eigenvalue weighted by Gasteiger charge is 2.16. The SMILES string of the molecule is CCCCc1c(CN2CCNCC2)cccc1C(N)=O.Cl.Cl. The maximum Gasteiger partial charge on any atom is 0.248 e. The largest absolute Gasteiger partial charge is 0.366 e. The van der Waals surface area contributed by atoms with Gasteiger partial charge in [0.15, 0.2) is 0 Å². The molecule has 1 amide bonds. The zero-order chi connectivity index (χ0) is 14.4. The summed E-state index contributed by atoms with van der Waals surface area (Å²) in [6.07, 6.45) is 3.16. The Balaban J connectivity index is 0.00000220. The fourth-order valence-corrected chi connectivity index (χ4v) is 2.77. The third-order valence-corrected chi connectivity index (χ3v) is 3.92. The number of hydrogen-bond donors (Lipinski definition) is 2. The van der Waals surface area contributed by atoms with E-state index in [2.05, 4.69) is 23.2 Å². The molecule has 3 N–H and O–H groups in total. The summed E-state index contributed by atoms with van der Waals surface area (Å²) in [5.41, 5.74) is 8.64. The topological polar surface area (TPSA) is 58.4 Å². The van der Waals surface area contributed by atoms with Gasteiger partial charge < -0.3 is 11.1 Å². The van der Waals surface area contributed by atoms with Crippen molar-refractivity contribution in [1.82, 2.24) is 10.2 Å². The van der Waals surface area contributed by atoms with Gasteiger partial charge in [-0.3, -0.25) is 9.69 Å². The van der Waals surface area contributed by atoms with E-state index in [1.807, 2.05) is 12.1 Å². The van der Waals surface area contributed by atoms with Crippen LogP contribution >= 0.6 is 24.8 Å². The number of unbranched alkanes of at least 4 members (excludes halogenated alkanes) is 1. The van der Waals surface area contributed by atoms with Crippen molar-refractivity contribution in [1.29, 1.82) is 0 Å². The normalized spacial score (nSPS) is 14.8. The smallest absolute Gasteiger partial charge is 0.248 e. The average molecular weight is 348 g/mol. The lowest BCUT2D eigenvalue weighted by molar-refractivity contribution is 0.0999. The summed E-state index contributed by atoms with van der Waals surface area (Å²) in [5.74, 6) is -0.307. The molecule has 126 valence electrons. The predicted molar refractivity (Wildman–Crippen MR) is 96.2 cm³/mol. The maximum absolute atomic E-state index is 11.6. The van der Waals surface area contributed by atoms with Crippen LogP contribution < -0.4 is 11.1 Å². The van der Waals surface area contributed by atoms with Crippen LogP contribution in [-0.2, 0) is 13.0 Å². The molecule has 0 saturated carbocycles. The number of piperazine rings is 1. The second-order valence-electron chi connectivity index (χ2n) is 5.44. The highest BCUT2D eigenvalue weighted by molar-refractivity contribution is 5.94. The van der Waals surface area contributed by atoms with E-state index in [1.54, 1.807) is 0 Å². The van der Waals surface area contributed by atoms with Crippen molar-refractivity contribution in [2.75, 3.05) is 26.2 Å². The van der Waals surface area contributed by atoms with E-state index < -0.39 is 0 Å². The first-order valence-corrected chi connectivity index (χ1v) is 7.56. The van der Waals surface area contributed by atoms with Crippen molar-refractivity contribution >= 4 is 30.7 Å². The fourth-order valence-electron chi connectivity index (χ4n) is 2.77. The Morgan fingerprint density at radius 2 is 1.95 bits per heavy atom. The van der Waals surface area contributed by atoms with E-state index in [0.717, 1.165) is 57.5 Å². The van der Waals surface area contributed by atoms with Crippen LogP contribution in [0, 0.1) is 0 Å². The minimum Gasteiger partial charge on any atom is -0.366 e. The van der Waals surface area contributed by atoms with Gasteiger partial charge in [0, 0.05) is 38.3 Å². The van der Waals surface area contributed by atoms with E-state index in [4.69, 9.17) is 5.73 Å². The minimum atomic E-state index is -0.307. The molecule has 0 aromatic heterocycles. The summed E-state index contributed by atoms with van der Waals surface area (Å²) in [4.78, 5) is 14.1. The molecule has 0 radical (unpaired) electrons. The number of carbonyl (C=O) groups excluding carboxylic acids is 1. The Morgan fingerprint density at radius 3 is 2.55 bits per heavy atom. The second kappa shape index (κ2) is 10.8. The second-order valence-corrected chi connectivity index (χ2v) is 5.44. The third kappa shape index (κ3) is 5.76. The summed E-state index contributed by atoms with van der Waals surface area (Å²) in [6, 6.07) is 5.95. The monoisotopic (exact) mass is 347 g/mol. The van der Waals surface area contributed by atoms with Crippen molar-refractivity contribution in [3.8, 4) is 0 Å². The Bertz CT molecular complexity index is 463. The number of nitrogens with two attached hydrogens (primary N) is 1. The predicted octanol–water partition coefficient (Wildman–Crippen LogP) is 2.38. The van der Waals surface area contributed by atoms with Gasteiger partial charge in [-0.05, 0) is 30.0 Å². The molecule has 1 aromatic carbocycles. The first kappa shape index (κ1) is 21.2. The van der Waals surface area contributed by atoms with E-state index in [-0.39, 0.29) is 30.7 Å². The van der Waals surface area contributed by atoms with Crippen molar-refractivity contribution in [3.05, 3.63) is 34.9 Å². The lowest BCUT2D eigenvalue weighted by atomic mass is 9.95. The van der Waals surface area contributed by atoms with Gasteiger partial charge in [0.2, 0.25) is 5.91 Å². The van der Waals surface area contributed by atoms with Gasteiger partial charge in [0.1, 0.15) is 0 Å². The van der Waals surface area contributed by atoms with E-state index in [1.165, 1.54) is 5.56 Å². The van der Waals surface area contributed by atoms with Crippen molar-refractivity contribution in [2.24, 2.45) is 5.73 Å². The molecule has 0 spiro atoms.